The number of hydrogen-bond donors (Lipinski definition) is 1. The van der Waals surface area contributed by atoms with Crippen molar-refractivity contribution in [1.82, 2.24) is 0 Å². The van der Waals surface area contributed by atoms with Crippen LogP contribution >= 0.6 is 11.6 Å². The van der Waals surface area contributed by atoms with Crippen LogP contribution < -0.4 is 10.5 Å². The lowest BCUT2D eigenvalue weighted by molar-refractivity contribution is -0.153. The fraction of sp³-hybridized carbons (Fsp3) is 0.571. The lowest BCUT2D eigenvalue weighted by Crippen LogP contribution is -2.48. The molecular formula is C14H18ClNO2. The molecule has 1 saturated carbocycles. The van der Waals surface area contributed by atoms with E-state index in [4.69, 9.17) is 26.8 Å². The van der Waals surface area contributed by atoms with Gasteiger partial charge < -0.3 is 15.2 Å². The van der Waals surface area contributed by atoms with Crippen LogP contribution in [0.5, 0.6) is 5.75 Å². The molecule has 4 heteroatoms. The van der Waals surface area contributed by atoms with Gasteiger partial charge >= 0.3 is 0 Å². The van der Waals surface area contributed by atoms with E-state index in [1.165, 1.54) is 6.42 Å². The highest BCUT2D eigenvalue weighted by Gasteiger charge is 2.43. The second-order valence-electron chi connectivity index (χ2n) is 5.28. The van der Waals surface area contributed by atoms with Crippen LogP contribution in [-0.4, -0.2) is 18.3 Å². The molecule has 3 nitrogen and oxygen atoms in total. The molecule has 1 aromatic rings. The fourth-order valence-corrected chi connectivity index (χ4v) is 3.05. The molecule has 98 valence electrons. The Morgan fingerprint density at radius 1 is 1.39 bits per heavy atom. The molecule has 1 saturated heterocycles. The van der Waals surface area contributed by atoms with Crippen LogP contribution in [0.2, 0.25) is 5.02 Å². The summed E-state index contributed by atoms with van der Waals surface area (Å²) < 4.78 is 11.9. The van der Waals surface area contributed by atoms with Crippen molar-refractivity contribution in [3.05, 3.63) is 23.2 Å². The summed E-state index contributed by atoms with van der Waals surface area (Å²) in [5, 5.41) is 0.587. The van der Waals surface area contributed by atoms with Gasteiger partial charge in [-0.1, -0.05) is 17.7 Å². The van der Waals surface area contributed by atoms with Crippen LogP contribution in [0.1, 0.15) is 32.1 Å². The van der Waals surface area contributed by atoms with Gasteiger partial charge in [-0.2, -0.15) is 0 Å². The number of halogens is 1. The normalized spacial score (nSPS) is 25.7. The molecule has 1 aliphatic carbocycles. The van der Waals surface area contributed by atoms with Crippen LogP contribution in [0, 0.1) is 0 Å². The van der Waals surface area contributed by atoms with Gasteiger partial charge in [-0.25, -0.2) is 0 Å². The van der Waals surface area contributed by atoms with Gasteiger partial charge in [0.15, 0.2) is 5.75 Å². The minimum Gasteiger partial charge on any atom is -0.486 e. The van der Waals surface area contributed by atoms with Crippen molar-refractivity contribution < 1.29 is 9.47 Å². The van der Waals surface area contributed by atoms with E-state index in [0.717, 1.165) is 32.3 Å². The molecule has 1 spiro atoms. The number of ether oxygens (including phenoxy) is 2. The van der Waals surface area contributed by atoms with Crippen LogP contribution in [0.15, 0.2) is 18.2 Å². The Morgan fingerprint density at radius 3 is 2.89 bits per heavy atom. The second kappa shape index (κ2) is 4.63. The molecule has 1 aliphatic heterocycles. The van der Waals surface area contributed by atoms with E-state index in [0.29, 0.717) is 16.5 Å². The lowest BCUT2D eigenvalue weighted by atomic mass is 9.74. The zero-order valence-corrected chi connectivity index (χ0v) is 11.1. The molecule has 3 rings (SSSR count). The molecular weight excluding hydrogens is 250 g/mol. The summed E-state index contributed by atoms with van der Waals surface area (Å²) in [7, 11) is 0. The monoisotopic (exact) mass is 267 g/mol. The van der Waals surface area contributed by atoms with Crippen LogP contribution in [0.25, 0.3) is 0 Å². The molecule has 18 heavy (non-hydrogen) atoms. The number of hydrogen-bond acceptors (Lipinski definition) is 3. The number of anilines is 1. The highest BCUT2D eigenvalue weighted by molar-refractivity contribution is 6.32. The lowest BCUT2D eigenvalue weighted by Gasteiger charge is -2.47. The molecule has 1 atom stereocenters. The molecule has 0 amide bonds. The van der Waals surface area contributed by atoms with E-state index >= 15 is 0 Å². The SMILES string of the molecule is Nc1cccc(Cl)c1OC1CCOC2(CCC2)C1. The third-order valence-corrected chi connectivity index (χ3v) is 4.29. The predicted octanol–water partition coefficient (Wildman–Crippen LogP) is 3.40. The number of benzene rings is 1. The maximum Gasteiger partial charge on any atom is 0.161 e. The summed E-state index contributed by atoms with van der Waals surface area (Å²) in [6.45, 7) is 0.773. The first kappa shape index (κ1) is 12.1. The van der Waals surface area contributed by atoms with Crippen molar-refractivity contribution >= 4 is 17.3 Å². The Hall–Kier alpha value is -0.930. The summed E-state index contributed by atoms with van der Waals surface area (Å²) in [4.78, 5) is 0. The summed E-state index contributed by atoms with van der Waals surface area (Å²) in [5.74, 6) is 0.626. The number of para-hydroxylation sites is 1. The standard InChI is InChI=1S/C14H18ClNO2/c15-11-3-1-4-12(16)13(11)18-10-5-8-17-14(9-10)6-2-7-14/h1,3-4,10H,2,5-9,16H2. The molecule has 0 aromatic heterocycles. The minimum atomic E-state index is 0.0823. The highest BCUT2D eigenvalue weighted by atomic mass is 35.5. The predicted molar refractivity (Wildman–Crippen MR) is 72.0 cm³/mol. The van der Waals surface area contributed by atoms with Gasteiger partial charge in [-0.3, -0.25) is 0 Å². The van der Waals surface area contributed by atoms with Crippen molar-refractivity contribution in [1.29, 1.82) is 0 Å². The van der Waals surface area contributed by atoms with E-state index in [9.17, 15) is 0 Å². The number of nitrogen functional groups attached to an aromatic ring is 1. The first-order valence-corrected chi connectivity index (χ1v) is 6.91. The van der Waals surface area contributed by atoms with Crippen LogP contribution in [0.3, 0.4) is 0 Å². The summed E-state index contributed by atoms with van der Waals surface area (Å²) in [5.41, 5.74) is 6.60. The number of nitrogens with two attached hydrogens (primary N) is 1. The molecule has 0 radical (unpaired) electrons. The molecule has 1 unspecified atom stereocenters. The number of rotatable bonds is 2. The van der Waals surface area contributed by atoms with Gasteiger partial charge in [0.2, 0.25) is 0 Å². The Balaban J connectivity index is 1.72. The van der Waals surface area contributed by atoms with Gasteiger partial charge in [0.05, 0.1) is 22.9 Å². The topological polar surface area (TPSA) is 44.5 Å². The Labute approximate surface area is 112 Å². The van der Waals surface area contributed by atoms with Crippen molar-refractivity contribution in [2.75, 3.05) is 12.3 Å². The molecule has 1 heterocycles. The average Bonchev–Trinajstić information content (AvgIpc) is 2.33. The molecule has 2 fully saturated rings. The largest absolute Gasteiger partial charge is 0.486 e. The Kier molecular flexibility index (Phi) is 3.12. The van der Waals surface area contributed by atoms with Gasteiger partial charge in [0.1, 0.15) is 6.10 Å². The van der Waals surface area contributed by atoms with Gasteiger partial charge in [0.25, 0.3) is 0 Å². The van der Waals surface area contributed by atoms with Gasteiger partial charge in [-0.05, 0) is 31.4 Å². The summed E-state index contributed by atoms with van der Waals surface area (Å²) in [6, 6.07) is 5.47. The Morgan fingerprint density at radius 2 is 2.22 bits per heavy atom. The van der Waals surface area contributed by atoms with E-state index < -0.39 is 0 Å². The average molecular weight is 268 g/mol. The van der Waals surface area contributed by atoms with Gasteiger partial charge in [0, 0.05) is 12.8 Å². The van der Waals surface area contributed by atoms with E-state index in [-0.39, 0.29) is 11.7 Å². The molecule has 1 aromatic carbocycles. The summed E-state index contributed by atoms with van der Waals surface area (Å²) >= 11 is 6.13. The van der Waals surface area contributed by atoms with Crippen LogP contribution in [-0.2, 0) is 4.74 Å². The first-order chi connectivity index (χ1) is 8.69. The van der Waals surface area contributed by atoms with E-state index in [1.54, 1.807) is 0 Å². The fourth-order valence-electron chi connectivity index (χ4n) is 2.82. The minimum absolute atomic E-state index is 0.0823. The zero-order chi connectivity index (χ0) is 12.6. The van der Waals surface area contributed by atoms with E-state index in [2.05, 4.69) is 0 Å². The third-order valence-electron chi connectivity index (χ3n) is 3.99. The molecule has 2 aliphatic rings. The van der Waals surface area contributed by atoms with Gasteiger partial charge in [-0.15, -0.1) is 0 Å². The third kappa shape index (κ3) is 2.17. The second-order valence-corrected chi connectivity index (χ2v) is 5.68. The van der Waals surface area contributed by atoms with Crippen molar-refractivity contribution in [2.45, 2.75) is 43.8 Å². The summed E-state index contributed by atoms with van der Waals surface area (Å²) in [6.07, 6.45) is 5.61. The first-order valence-electron chi connectivity index (χ1n) is 6.53. The maximum atomic E-state index is 6.13. The Bertz CT molecular complexity index is 425. The zero-order valence-electron chi connectivity index (χ0n) is 10.3. The van der Waals surface area contributed by atoms with Crippen molar-refractivity contribution in [3.63, 3.8) is 0 Å². The quantitative estimate of drug-likeness (QED) is 0.836. The van der Waals surface area contributed by atoms with Crippen molar-refractivity contribution in [3.8, 4) is 5.75 Å². The highest BCUT2D eigenvalue weighted by Crippen LogP contribution is 2.44. The molecule has 0 bridgehead atoms. The maximum absolute atomic E-state index is 6.13. The molecule has 2 N–H and O–H groups in total. The van der Waals surface area contributed by atoms with Crippen LogP contribution in [0.4, 0.5) is 5.69 Å². The van der Waals surface area contributed by atoms with Crippen molar-refractivity contribution in [2.24, 2.45) is 0 Å². The van der Waals surface area contributed by atoms with E-state index in [1.807, 2.05) is 18.2 Å². The smallest absolute Gasteiger partial charge is 0.161 e.